The van der Waals surface area contributed by atoms with E-state index in [2.05, 4.69) is 9.97 Å². The molecule has 2 aromatic rings. The predicted molar refractivity (Wildman–Crippen MR) is 64.6 cm³/mol. The Bertz CT molecular complexity index is 605. The molecule has 0 saturated carbocycles. The molecular formula is C10H7ClN4O3. The first-order valence-electron chi connectivity index (χ1n) is 4.76. The SMILES string of the molecule is Nc1ncc([N+](=O)[O-])c(Oc2cccc(Cl)c2)n1. The van der Waals surface area contributed by atoms with E-state index in [1.54, 1.807) is 18.2 Å². The minimum atomic E-state index is -0.653. The van der Waals surface area contributed by atoms with Gasteiger partial charge in [0.1, 0.15) is 11.9 Å². The highest BCUT2D eigenvalue weighted by Gasteiger charge is 2.19. The molecule has 18 heavy (non-hydrogen) atoms. The smallest absolute Gasteiger partial charge is 0.349 e. The molecule has 8 heteroatoms. The fraction of sp³-hybridized carbons (Fsp3) is 0. The van der Waals surface area contributed by atoms with Crippen LogP contribution in [0.3, 0.4) is 0 Å². The number of hydrogen-bond donors (Lipinski definition) is 1. The van der Waals surface area contributed by atoms with Gasteiger partial charge in [0.15, 0.2) is 0 Å². The second-order valence-corrected chi connectivity index (χ2v) is 3.67. The summed E-state index contributed by atoms with van der Waals surface area (Å²) in [6, 6.07) is 6.39. The van der Waals surface area contributed by atoms with Gasteiger partial charge in [0.25, 0.3) is 0 Å². The monoisotopic (exact) mass is 266 g/mol. The molecule has 1 heterocycles. The molecule has 0 spiro atoms. The first-order valence-corrected chi connectivity index (χ1v) is 5.14. The molecule has 0 bridgehead atoms. The summed E-state index contributed by atoms with van der Waals surface area (Å²) in [6.07, 6.45) is 0.988. The number of ether oxygens (including phenoxy) is 1. The Kier molecular flexibility index (Phi) is 3.24. The van der Waals surface area contributed by atoms with Crippen LogP contribution in [-0.2, 0) is 0 Å². The highest BCUT2D eigenvalue weighted by atomic mass is 35.5. The normalized spacial score (nSPS) is 10.1. The van der Waals surface area contributed by atoms with Gasteiger partial charge >= 0.3 is 11.6 Å². The quantitative estimate of drug-likeness (QED) is 0.676. The van der Waals surface area contributed by atoms with Gasteiger partial charge in [-0.25, -0.2) is 4.98 Å². The van der Waals surface area contributed by atoms with Crippen molar-refractivity contribution < 1.29 is 9.66 Å². The van der Waals surface area contributed by atoms with E-state index in [0.29, 0.717) is 10.8 Å². The second kappa shape index (κ2) is 4.84. The van der Waals surface area contributed by atoms with E-state index in [1.807, 2.05) is 0 Å². The minimum Gasteiger partial charge on any atom is -0.434 e. The van der Waals surface area contributed by atoms with Crippen LogP contribution in [0.5, 0.6) is 11.6 Å². The Balaban J connectivity index is 2.39. The Morgan fingerprint density at radius 1 is 1.44 bits per heavy atom. The number of nitrogens with zero attached hydrogens (tertiary/aromatic N) is 3. The molecule has 0 amide bonds. The number of hydrogen-bond acceptors (Lipinski definition) is 6. The molecule has 1 aromatic carbocycles. The lowest BCUT2D eigenvalue weighted by atomic mass is 10.3. The molecule has 0 aliphatic heterocycles. The van der Waals surface area contributed by atoms with Crippen LogP contribution in [-0.4, -0.2) is 14.9 Å². The Labute approximate surface area is 106 Å². The zero-order chi connectivity index (χ0) is 13.1. The van der Waals surface area contributed by atoms with Crippen LogP contribution in [0, 0.1) is 10.1 Å². The van der Waals surface area contributed by atoms with Crippen molar-refractivity contribution in [2.24, 2.45) is 0 Å². The van der Waals surface area contributed by atoms with E-state index in [0.717, 1.165) is 6.20 Å². The highest BCUT2D eigenvalue weighted by Crippen LogP contribution is 2.29. The zero-order valence-electron chi connectivity index (χ0n) is 8.91. The summed E-state index contributed by atoms with van der Waals surface area (Å²) >= 11 is 5.77. The molecular weight excluding hydrogens is 260 g/mol. The Morgan fingerprint density at radius 2 is 2.22 bits per heavy atom. The van der Waals surface area contributed by atoms with Crippen molar-refractivity contribution >= 4 is 23.2 Å². The summed E-state index contributed by atoms with van der Waals surface area (Å²) in [7, 11) is 0. The fourth-order valence-corrected chi connectivity index (χ4v) is 1.40. The molecule has 2 N–H and O–H groups in total. The van der Waals surface area contributed by atoms with Crippen molar-refractivity contribution in [2.75, 3.05) is 5.73 Å². The van der Waals surface area contributed by atoms with Crippen LogP contribution in [0.2, 0.25) is 5.02 Å². The van der Waals surface area contributed by atoms with Crippen LogP contribution in [0.25, 0.3) is 0 Å². The largest absolute Gasteiger partial charge is 0.434 e. The molecule has 0 aliphatic rings. The first-order chi connectivity index (χ1) is 8.56. The summed E-state index contributed by atoms with van der Waals surface area (Å²) in [5.74, 6) is -0.0175. The molecule has 0 atom stereocenters. The predicted octanol–water partition coefficient (Wildman–Crippen LogP) is 2.41. The van der Waals surface area contributed by atoms with Gasteiger partial charge in [-0.05, 0) is 18.2 Å². The number of halogens is 1. The molecule has 7 nitrogen and oxygen atoms in total. The van der Waals surface area contributed by atoms with E-state index >= 15 is 0 Å². The van der Waals surface area contributed by atoms with Crippen molar-refractivity contribution in [2.45, 2.75) is 0 Å². The average molecular weight is 267 g/mol. The van der Waals surface area contributed by atoms with Gasteiger partial charge in [-0.3, -0.25) is 10.1 Å². The molecule has 1 aromatic heterocycles. The lowest BCUT2D eigenvalue weighted by molar-refractivity contribution is -0.386. The third-order valence-electron chi connectivity index (χ3n) is 1.96. The minimum absolute atomic E-state index is 0.113. The van der Waals surface area contributed by atoms with Gasteiger partial charge in [0.2, 0.25) is 5.95 Å². The van der Waals surface area contributed by atoms with Crippen molar-refractivity contribution in [1.29, 1.82) is 0 Å². The summed E-state index contributed by atoms with van der Waals surface area (Å²) in [5.41, 5.74) is 4.99. The van der Waals surface area contributed by atoms with Gasteiger partial charge in [0.05, 0.1) is 4.92 Å². The third-order valence-corrected chi connectivity index (χ3v) is 2.20. The van der Waals surface area contributed by atoms with E-state index in [9.17, 15) is 10.1 Å². The van der Waals surface area contributed by atoms with Gasteiger partial charge < -0.3 is 10.5 Å². The van der Waals surface area contributed by atoms with Crippen LogP contribution < -0.4 is 10.5 Å². The molecule has 2 rings (SSSR count). The number of benzene rings is 1. The maximum absolute atomic E-state index is 10.8. The molecule has 0 radical (unpaired) electrons. The van der Waals surface area contributed by atoms with Crippen molar-refractivity contribution in [3.05, 3.63) is 45.6 Å². The van der Waals surface area contributed by atoms with Gasteiger partial charge in [-0.1, -0.05) is 17.7 Å². The van der Waals surface area contributed by atoms with Gasteiger partial charge in [0, 0.05) is 5.02 Å². The van der Waals surface area contributed by atoms with E-state index in [-0.39, 0.29) is 17.5 Å². The average Bonchev–Trinajstić information content (AvgIpc) is 2.28. The van der Waals surface area contributed by atoms with Crippen molar-refractivity contribution in [3.63, 3.8) is 0 Å². The van der Waals surface area contributed by atoms with Crippen LogP contribution >= 0.6 is 11.6 Å². The van der Waals surface area contributed by atoms with E-state index < -0.39 is 4.92 Å². The fourth-order valence-electron chi connectivity index (χ4n) is 1.22. The maximum atomic E-state index is 10.8. The summed E-state index contributed by atoms with van der Waals surface area (Å²) in [5, 5.41) is 11.2. The standard InChI is InChI=1S/C10H7ClN4O3/c11-6-2-1-3-7(4-6)18-9-8(15(16)17)5-13-10(12)14-9/h1-5H,(H2,12,13,14). The van der Waals surface area contributed by atoms with Crippen molar-refractivity contribution in [3.8, 4) is 11.6 Å². The number of nitrogens with two attached hydrogens (primary N) is 1. The zero-order valence-corrected chi connectivity index (χ0v) is 9.66. The lowest BCUT2D eigenvalue weighted by Gasteiger charge is -2.05. The summed E-state index contributed by atoms with van der Waals surface area (Å²) < 4.78 is 5.28. The molecule has 0 saturated heterocycles. The van der Waals surface area contributed by atoms with Gasteiger partial charge in [-0.15, -0.1) is 0 Å². The summed E-state index contributed by atoms with van der Waals surface area (Å²) in [6.45, 7) is 0. The molecule has 0 aliphatic carbocycles. The molecule has 92 valence electrons. The van der Waals surface area contributed by atoms with Crippen LogP contribution in [0.15, 0.2) is 30.5 Å². The number of rotatable bonds is 3. The Hall–Kier alpha value is -2.41. The topological polar surface area (TPSA) is 104 Å². The maximum Gasteiger partial charge on any atom is 0.349 e. The lowest BCUT2D eigenvalue weighted by Crippen LogP contribution is -2.01. The van der Waals surface area contributed by atoms with Crippen LogP contribution in [0.4, 0.5) is 11.6 Å². The number of aromatic nitrogens is 2. The number of nitrogen functional groups attached to an aromatic ring is 1. The first kappa shape index (κ1) is 12.1. The van der Waals surface area contributed by atoms with Crippen LogP contribution in [0.1, 0.15) is 0 Å². The highest BCUT2D eigenvalue weighted by molar-refractivity contribution is 6.30. The summed E-state index contributed by atoms with van der Waals surface area (Å²) in [4.78, 5) is 17.3. The van der Waals surface area contributed by atoms with E-state index in [1.165, 1.54) is 6.07 Å². The van der Waals surface area contributed by atoms with Gasteiger partial charge in [-0.2, -0.15) is 4.98 Å². The molecule has 0 fully saturated rings. The number of anilines is 1. The van der Waals surface area contributed by atoms with Crippen molar-refractivity contribution in [1.82, 2.24) is 9.97 Å². The number of nitro groups is 1. The third kappa shape index (κ3) is 2.64. The Morgan fingerprint density at radius 3 is 2.89 bits per heavy atom. The van der Waals surface area contributed by atoms with E-state index in [4.69, 9.17) is 22.1 Å². The molecule has 0 unspecified atom stereocenters. The second-order valence-electron chi connectivity index (χ2n) is 3.24.